The lowest BCUT2D eigenvalue weighted by Gasteiger charge is -2.32. The Kier molecular flexibility index (Phi) is 3.56. The Morgan fingerprint density at radius 2 is 2.31 bits per heavy atom. The molecule has 3 N–H and O–H groups in total. The number of rotatable bonds is 3. The lowest BCUT2D eigenvalue weighted by Crippen LogP contribution is -2.39. The van der Waals surface area contributed by atoms with Crippen molar-refractivity contribution >= 4 is 21.8 Å². The third-order valence-electron chi connectivity index (χ3n) is 3.13. The van der Waals surface area contributed by atoms with Crippen LogP contribution in [0.3, 0.4) is 0 Å². The van der Waals surface area contributed by atoms with Gasteiger partial charge in [0.05, 0.1) is 5.92 Å². The number of carbonyl (C=O) groups is 1. The Morgan fingerprint density at radius 3 is 2.81 bits per heavy atom. The number of nitrogens with two attached hydrogens (primary N) is 1. The average molecular weight is 284 g/mol. The van der Waals surface area contributed by atoms with Crippen molar-refractivity contribution < 1.29 is 4.79 Å². The molecule has 1 aromatic heterocycles. The fourth-order valence-corrected chi connectivity index (χ4v) is 2.48. The van der Waals surface area contributed by atoms with Crippen molar-refractivity contribution in [2.75, 3.05) is 0 Å². The summed E-state index contributed by atoms with van der Waals surface area (Å²) in [5.41, 5.74) is 3.18. The number of hydrazine groups is 1. The molecule has 0 spiro atoms. The summed E-state index contributed by atoms with van der Waals surface area (Å²) in [5.74, 6) is 5.35. The van der Waals surface area contributed by atoms with Crippen molar-refractivity contribution in [2.24, 2.45) is 11.8 Å². The number of pyridine rings is 1. The standard InChI is InChI=1S/C11H14BrN3O/c12-9-4-8(5-14-6-9)10(11(16)15-13)7-2-1-3-7/h4-7,10H,1-3,13H2,(H,15,16). The summed E-state index contributed by atoms with van der Waals surface area (Å²) in [6.45, 7) is 0. The molecule has 1 fully saturated rings. The number of carbonyl (C=O) groups excluding carboxylic acids is 1. The van der Waals surface area contributed by atoms with Crippen molar-refractivity contribution in [3.8, 4) is 0 Å². The van der Waals surface area contributed by atoms with E-state index in [9.17, 15) is 4.79 Å². The SMILES string of the molecule is NNC(=O)C(c1cncc(Br)c1)C1CCC1. The molecule has 0 aromatic carbocycles. The molecule has 1 aliphatic carbocycles. The topological polar surface area (TPSA) is 68.0 Å². The van der Waals surface area contributed by atoms with Crippen LogP contribution in [0.5, 0.6) is 0 Å². The summed E-state index contributed by atoms with van der Waals surface area (Å²) in [6, 6.07) is 1.94. The van der Waals surface area contributed by atoms with E-state index >= 15 is 0 Å². The van der Waals surface area contributed by atoms with Crippen LogP contribution >= 0.6 is 15.9 Å². The van der Waals surface area contributed by atoms with Gasteiger partial charge in [0.2, 0.25) is 5.91 Å². The molecule has 1 unspecified atom stereocenters. The quantitative estimate of drug-likeness (QED) is 0.504. The Morgan fingerprint density at radius 1 is 1.56 bits per heavy atom. The second-order valence-corrected chi connectivity index (χ2v) is 5.03. The van der Waals surface area contributed by atoms with E-state index in [1.54, 1.807) is 12.4 Å². The Balaban J connectivity index is 2.27. The van der Waals surface area contributed by atoms with Gasteiger partial charge < -0.3 is 0 Å². The average Bonchev–Trinajstić information content (AvgIpc) is 2.22. The van der Waals surface area contributed by atoms with E-state index in [1.807, 2.05) is 6.07 Å². The molecule has 16 heavy (non-hydrogen) atoms. The van der Waals surface area contributed by atoms with Crippen LogP contribution in [0.1, 0.15) is 30.7 Å². The van der Waals surface area contributed by atoms with Crippen LogP contribution in [0.25, 0.3) is 0 Å². The number of nitrogens with one attached hydrogen (secondary N) is 1. The lowest BCUT2D eigenvalue weighted by molar-refractivity contribution is -0.124. The van der Waals surface area contributed by atoms with E-state index in [1.165, 1.54) is 6.42 Å². The molecule has 1 aliphatic rings. The molecule has 0 saturated heterocycles. The smallest absolute Gasteiger partial charge is 0.241 e. The zero-order chi connectivity index (χ0) is 11.5. The molecule has 0 bridgehead atoms. The van der Waals surface area contributed by atoms with Crippen molar-refractivity contribution in [3.63, 3.8) is 0 Å². The minimum absolute atomic E-state index is 0.121. The van der Waals surface area contributed by atoms with Gasteiger partial charge in [0, 0.05) is 16.9 Å². The van der Waals surface area contributed by atoms with E-state index in [2.05, 4.69) is 26.3 Å². The van der Waals surface area contributed by atoms with Crippen molar-refractivity contribution in [3.05, 3.63) is 28.5 Å². The highest BCUT2D eigenvalue weighted by molar-refractivity contribution is 9.10. The first-order chi connectivity index (χ1) is 7.72. The number of nitrogens with zero attached hydrogens (tertiary/aromatic N) is 1. The second-order valence-electron chi connectivity index (χ2n) is 4.11. The van der Waals surface area contributed by atoms with Gasteiger partial charge >= 0.3 is 0 Å². The van der Waals surface area contributed by atoms with Gasteiger partial charge in [-0.3, -0.25) is 15.2 Å². The molecule has 5 heteroatoms. The summed E-state index contributed by atoms with van der Waals surface area (Å²) >= 11 is 3.37. The largest absolute Gasteiger partial charge is 0.294 e. The normalized spacial score (nSPS) is 17.6. The van der Waals surface area contributed by atoms with Gasteiger partial charge in [-0.2, -0.15) is 0 Å². The molecular weight excluding hydrogens is 270 g/mol. The van der Waals surface area contributed by atoms with Crippen LogP contribution in [-0.2, 0) is 4.79 Å². The van der Waals surface area contributed by atoms with E-state index < -0.39 is 0 Å². The fourth-order valence-electron chi connectivity index (χ4n) is 2.10. The van der Waals surface area contributed by atoms with E-state index in [0.717, 1.165) is 22.9 Å². The Bertz CT molecular complexity index is 393. The number of hydrogen-bond donors (Lipinski definition) is 2. The van der Waals surface area contributed by atoms with Crippen LogP contribution in [-0.4, -0.2) is 10.9 Å². The molecule has 0 aliphatic heterocycles. The molecule has 4 nitrogen and oxygen atoms in total. The zero-order valence-electron chi connectivity index (χ0n) is 8.82. The zero-order valence-corrected chi connectivity index (χ0v) is 10.4. The first-order valence-corrected chi connectivity index (χ1v) is 6.12. The third-order valence-corrected chi connectivity index (χ3v) is 3.56. The molecule has 1 saturated carbocycles. The van der Waals surface area contributed by atoms with Crippen LogP contribution < -0.4 is 11.3 Å². The van der Waals surface area contributed by atoms with Gasteiger partial charge in [-0.15, -0.1) is 0 Å². The van der Waals surface area contributed by atoms with E-state index in [4.69, 9.17) is 5.84 Å². The molecule has 0 radical (unpaired) electrons. The van der Waals surface area contributed by atoms with Gasteiger partial charge in [0.15, 0.2) is 0 Å². The summed E-state index contributed by atoms with van der Waals surface area (Å²) in [5, 5.41) is 0. The fraction of sp³-hybridized carbons (Fsp3) is 0.455. The van der Waals surface area contributed by atoms with Crippen LogP contribution in [0, 0.1) is 5.92 Å². The molecule has 1 aromatic rings. The number of halogens is 1. The highest BCUT2D eigenvalue weighted by Gasteiger charge is 2.33. The Labute approximate surface area is 103 Å². The predicted molar refractivity (Wildman–Crippen MR) is 64.3 cm³/mol. The Hall–Kier alpha value is -0.940. The molecular formula is C11H14BrN3O. The van der Waals surface area contributed by atoms with Gasteiger partial charge in [0.1, 0.15) is 0 Å². The highest BCUT2D eigenvalue weighted by Crippen LogP contribution is 2.39. The van der Waals surface area contributed by atoms with Gasteiger partial charge in [-0.1, -0.05) is 6.42 Å². The highest BCUT2D eigenvalue weighted by atomic mass is 79.9. The van der Waals surface area contributed by atoms with Crippen LogP contribution in [0.4, 0.5) is 0 Å². The lowest BCUT2D eigenvalue weighted by atomic mass is 9.73. The molecule has 1 atom stereocenters. The number of amides is 1. The van der Waals surface area contributed by atoms with Gasteiger partial charge in [-0.05, 0) is 46.3 Å². The first kappa shape index (κ1) is 11.5. The summed E-state index contributed by atoms with van der Waals surface area (Å²) < 4.78 is 0.888. The minimum atomic E-state index is -0.163. The number of hydrogen-bond acceptors (Lipinski definition) is 3. The van der Waals surface area contributed by atoms with Gasteiger partial charge in [0.25, 0.3) is 0 Å². The minimum Gasteiger partial charge on any atom is -0.294 e. The monoisotopic (exact) mass is 283 g/mol. The predicted octanol–water partition coefficient (Wildman–Crippen LogP) is 1.72. The van der Waals surface area contributed by atoms with Crippen molar-refractivity contribution in [1.29, 1.82) is 0 Å². The maximum atomic E-state index is 11.8. The van der Waals surface area contributed by atoms with E-state index in [0.29, 0.717) is 5.92 Å². The first-order valence-electron chi connectivity index (χ1n) is 5.33. The summed E-state index contributed by atoms with van der Waals surface area (Å²) in [4.78, 5) is 15.9. The number of aromatic nitrogens is 1. The van der Waals surface area contributed by atoms with Crippen molar-refractivity contribution in [2.45, 2.75) is 25.2 Å². The second kappa shape index (κ2) is 4.93. The molecule has 1 heterocycles. The summed E-state index contributed by atoms with van der Waals surface area (Å²) in [6.07, 6.45) is 6.82. The third kappa shape index (κ3) is 2.25. The molecule has 1 amide bonds. The molecule has 86 valence electrons. The van der Waals surface area contributed by atoms with Crippen molar-refractivity contribution in [1.82, 2.24) is 10.4 Å². The summed E-state index contributed by atoms with van der Waals surface area (Å²) in [7, 11) is 0. The van der Waals surface area contributed by atoms with Gasteiger partial charge in [-0.25, -0.2) is 5.84 Å². The van der Waals surface area contributed by atoms with E-state index in [-0.39, 0.29) is 11.8 Å². The van der Waals surface area contributed by atoms with Crippen LogP contribution in [0.15, 0.2) is 22.9 Å². The maximum Gasteiger partial charge on any atom is 0.241 e. The van der Waals surface area contributed by atoms with Crippen LogP contribution in [0.2, 0.25) is 0 Å². The maximum absolute atomic E-state index is 11.8. The molecule has 2 rings (SSSR count).